The van der Waals surface area contributed by atoms with E-state index in [0.717, 1.165) is 22.2 Å². The van der Waals surface area contributed by atoms with Crippen molar-refractivity contribution < 1.29 is 4.74 Å². The maximum atomic E-state index is 6.06. The molecule has 78 valence electrons. The van der Waals surface area contributed by atoms with Crippen molar-refractivity contribution in [1.29, 1.82) is 0 Å². The average Bonchev–Trinajstić information content (AvgIpc) is 2.18. The standard InChI is InChI=1S/C11H9Cl2NO/c1-6-3-7-8(12)4-11(13)14-9(7)5-10(6)15-2/h3-5H,1-2H3. The Morgan fingerprint density at radius 3 is 2.60 bits per heavy atom. The van der Waals surface area contributed by atoms with Crippen LogP contribution >= 0.6 is 23.2 Å². The smallest absolute Gasteiger partial charge is 0.131 e. The van der Waals surface area contributed by atoms with E-state index in [1.165, 1.54) is 0 Å². The van der Waals surface area contributed by atoms with Gasteiger partial charge in [-0.05, 0) is 24.6 Å². The van der Waals surface area contributed by atoms with Crippen LogP contribution in [0.15, 0.2) is 18.2 Å². The Hall–Kier alpha value is -0.990. The van der Waals surface area contributed by atoms with Gasteiger partial charge in [0.1, 0.15) is 10.9 Å². The van der Waals surface area contributed by atoms with Crippen molar-refractivity contribution in [2.45, 2.75) is 6.92 Å². The van der Waals surface area contributed by atoms with E-state index >= 15 is 0 Å². The minimum atomic E-state index is 0.387. The molecule has 0 aliphatic carbocycles. The minimum Gasteiger partial charge on any atom is -0.496 e. The molecule has 0 radical (unpaired) electrons. The molecule has 1 aromatic carbocycles. The van der Waals surface area contributed by atoms with Gasteiger partial charge >= 0.3 is 0 Å². The van der Waals surface area contributed by atoms with Gasteiger partial charge < -0.3 is 4.74 Å². The molecule has 1 heterocycles. The number of benzene rings is 1. The van der Waals surface area contributed by atoms with E-state index < -0.39 is 0 Å². The number of nitrogens with zero attached hydrogens (tertiary/aromatic N) is 1. The lowest BCUT2D eigenvalue weighted by molar-refractivity contribution is 0.412. The Balaban J connectivity index is 2.81. The number of methoxy groups -OCH3 is 1. The zero-order chi connectivity index (χ0) is 11.0. The molecule has 0 aliphatic rings. The molecule has 2 rings (SSSR count). The summed E-state index contributed by atoms with van der Waals surface area (Å²) in [5.41, 5.74) is 1.77. The van der Waals surface area contributed by atoms with Gasteiger partial charge in [0.15, 0.2) is 0 Å². The second kappa shape index (κ2) is 3.87. The molecule has 0 spiro atoms. The van der Waals surface area contributed by atoms with E-state index in [2.05, 4.69) is 4.98 Å². The zero-order valence-corrected chi connectivity index (χ0v) is 9.86. The SMILES string of the molecule is COc1cc2nc(Cl)cc(Cl)c2cc1C. The summed E-state index contributed by atoms with van der Waals surface area (Å²) in [4.78, 5) is 4.19. The second-order valence-corrected chi connectivity index (χ2v) is 4.06. The first-order valence-electron chi connectivity index (χ1n) is 4.42. The molecule has 0 N–H and O–H groups in total. The maximum absolute atomic E-state index is 6.06. The highest BCUT2D eigenvalue weighted by atomic mass is 35.5. The fourth-order valence-corrected chi connectivity index (χ4v) is 2.02. The fourth-order valence-electron chi connectivity index (χ4n) is 1.51. The van der Waals surface area contributed by atoms with Crippen LogP contribution in [0, 0.1) is 6.92 Å². The van der Waals surface area contributed by atoms with Crippen LogP contribution < -0.4 is 4.74 Å². The van der Waals surface area contributed by atoms with Crippen LogP contribution in [-0.4, -0.2) is 12.1 Å². The third-order valence-corrected chi connectivity index (χ3v) is 2.75. The Kier molecular flexibility index (Phi) is 2.72. The lowest BCUT2D eigenvalue weighted by Gasteiger charge is -2.07. The number of ether oxygens (including phenoxy) is 1. The van der Waals surface area contributed by atoms with Crippen LogP contribution in [0.2, 0.25) is 10.2 Å². The molecule has 2 nitrogen and oxygen atoms in total. The van der Waals surface area contributed by atoms with E-state index in [1.54, 1.807) is 13.2 Å². The van der Waals surface area contributed by atoms with E-state index in [1.807, 2.05) is 19.1 Å². The van der Waals surface area contributed by atoms with E-state index in [-0.39, 0.29) is 0 Å². The number of halogens is 2. The van der Waals surface area contributed by atoms with Gasteiger partial charge in [-0.3, -0.25) is 0 Å². The van der Waals surface area contributed by atoms with Crippen molar-refractivity contribution in [2.24, 2.45) is 0 Å². The molecule has 0 saturated heterocycles. The molecule has 0 fully saturated rings. The first kappa shape index (κ1) is 10.5. The number of hydrogen-bond donors (Lipinski definition) is 0. The van der Waals surface area contributed by atoms with Crippen molar-refractivity contribution in [3.63, 3.8) is 0 Å². The molecule has 0 bridgehead atoms. The van der Waals surface area contributed by atoms with Crippen LogP contribution in [0.3, 0.4) is 0 Å². The molecular formula is C11H9Cl2NO. The second-order valence-electron chi connectivity index (χ2n) is 3.27. The van der Waals surface area contributed by atoms with Gasteiger partial charge in [0.2, 0.25) is 0 Å². The number of aromatic nitrogens is 1. The van der Waals surface area contributed by atoms with Crippen molar-refractivity contribution in [1.82, 2.24) is 4.98 Å². The highest BCUT2D eigenvalue weighted by Crippen LogP contribution is 2.30. The highest BCUT2D eigenvalue weighted by Gasteiger charge is 2.07. The van der Waals surface area contributed by atoms with Gasteiger partial charge in [-0.25, -0.2) is 4.98 Å². The van der Waals surface area contributed by atoms with Crippen LogP contribution in [0.25, 0.3) is 10.9 Å². The number of aryl methyl sites for hydroxylation is 1. The molecule has 15 heavy (non-hydrogen) atoms. The Labute approximate surface area is 97.8 Å². The zero-order valence-electron chi connectivity index (χ0n) is 8.34. The molecule has 0 amide bonds. The average molecular weight is 242 g/mol. The minimum absolute atomic E-state index is 0.387. The summed E-state index contributed by atoms with van der Waals surface area (Å²) in [6.45, 7) is 1.96. The van der Waals surface area contributed by atoms with Gasteiger partial charge in [0.25, 0.3) is 0 Å². The lowest BCUT2D eigenvalue weighted by atomic mass is 10.1. The van der Waals surface area contributed by atoms with Gasteiger partial charge in [-0.15, -0.1) is 0 Å². The summed E-state index contributed by atoms with van der Waals surface area (Å²) in [7, 11) is 1.63. The molecule has 4 heteroatoms. The van der Waals surface area contributed by atoms with Crippen molar-refractivity contribution in [2.75, 3.05) is 7.11 Å². The summed E-state index contributed by atoms with van der Waals surface area (Å²) in [5.74, 6) is 0.785. The number of hydrogen-bond acceptors (Lipinski definition) is 2. The fraction of sp³-hybridized carbons (Fsp3) is 0.182. The lowest BCUT2D eigenvalue weighted by Crippen LogP contribution is -1.89. The molecule has 0 saturated carbocycles. The third kappa shape index (κ3) is 1.87. The van der Waals surface area contributed by atoms with E-state index in [0.29, 0.717) is 10.2 Å². The topological polar surface area (TPSA) is 22.1 Å². The molecule has 0 atom stereocenters. The molecule has 0 aliphatic heterocycles. The number of rotatable bonds is 1. The van der Waals surface area contributed by atoms with Gasteiger partial charge in [-0.1, -0.05) is 23.2 Å². The predicted octanol–water partition coefficient (Wildman–Crippen LogP) is 3.86. The van der Waals surface area contributed by atoms with Crippen LogP contribution in [0.1, 0.15) is 5.56 Å². The number of fused-ring (bicyclic) bond motifs is 1. The summed E-state index contributed by atoms with van der Waals surface area (Å²) in [6, 6.07) is 5.42. The van der Waals surface area contributed by atoms with E-state index in [4.69, 9.17) is 27.9 Å². The first-order chi connectivity index (χ1) is 7.11. The van der Waals surface area contributed by atoms with E-state index in [9.17, 15) is 0 Å². The van der Waals surface area contributed by atoms with Crippen LogP contribution in [0.5, 0.6) is 5.75 Å². The molecule has 2 aromatic rings. The Bertz CT molecular complexity index is 525. The quantitative estimate of drug-likeness (QED) is 0.708. The molecule has 1 aromatic heterocycles. The normalized spacial score (nSPS) is 10.7. The predicted molar refractivity (Wildman–Crippen MR) is 63.1 cm³/mol. The summed E-state index contributed by atoms with van der Waals surface area (Å²) in [6.07, 6.45) is 0. The largest absolute Gasteiger partial charge is 0.496 e. The van der Waals surface area contributed by atoms with Crippen molar-refractivity contribution >= 4 is 34.1 Å². The Morgan fingerprint density at radius 1 is 1.20 bits per heavy atom. The first-order valence-corrected chi connectivity index (χ1v) is 5.18. The van der Waals surface area contributed by atoms with Crippen LogP contribution in [-0.2, 0) is 0 Å². The maximum Gasteiger partial charge on any atom is 0.131 e. The molecule has 0 unspecified atom stereocenters. The van der Waals surface area contributed by atoms with Crippen LogP contribution in [0.4, 0.5) is 0 Å². The monoisotopic (exact) mass is 241 g/mol. The summed E-state index contributed by atoms with van der Waals surface area (Å²) in [5, 5.41) is 1.88. The summed E-state index contributed by atoms with van der Waals surface area (Å²) >= 11 is 11.9. The highest BCUT2D eigenvalue weighted by molar-refractivity contribution is 6.37. The van der Waals surface area contributed by atoms with Gasteiger partial charge in [0, 0.05) is 11.5 Å². The Morgan fingerprint density at radius 2 is 1.93 bits per heavy atom. The van der Waals surface area contributed by atoms with Gasteiger partial charge in [0.05, 0.1) is 17.6 Å². The summed E-state index contributed by atoms with van der Waals surface area (Å²) < 4.78 is 5.21. The molecular weight excluding hydrogens is 233 g/mol. The third-order valence-electron chi connectivity index (χ3n) is 2.24. The van der Waals surface area contributed by atoms with Crippen molar-refractivity contribution in [3.05, 3.63) is 33.9 Å². The van der Waals surface area contributed by atoms with Crippen molar-refractivity contribution in [3.8, 4) is 5.75 Å². The van der Waals surface area contributed by atoms with Gasteiger partial charge in [-0.2, -0.15) is 0 Å². The number of pyridine rings is 1.